The third kappa shape index (κ3) is 3.16. The third-order valence-electron chi connectivity index (χ3n) is 4.74. The monoisotopic (exact) mass is 397 g/mol. The molecule has 2 heterocycles. The Kier molecular flexibility index (Phi) is 4.65. The molecular formula is C21H17ClFN3O2. The van der Waals surface area contributed by atoms with Crippen LogP contribution >= 0.6 is 11.6 Å². The van der Waals surface area contributed by atoms with Crippen molar-refractivity contribution in [2.75, 3.05) is 13.7 Å². The number of nitrogens with two attached hydrogens (primary N) is 1. The molecule has 142 valence electrons. The summed E-state index contributed by atoms with van der Waals surface area (Å²) in [4.78, 5) is 8.52. The van der Waals surface area contributed by atoms with Crippen molar-refractivity contribution in [2.24, 2.45) is 10.7 Å². The molecule has 3 aromatic rings. The fourth-order valence-electron chi connectivity index (χ4n) is 3.34. The Morgan fingerprint density at radius 2 is 1.93 bits per heavy atom. The predicted octanol–water partition coefficient (Wildman–Crippen LogP) is 4.14. The number of benzene rings is 2. The quantitative estimate of drug-likeness (QED) is 0.718. The van der Waals surface area contributed by atoms with Gasteiger partial charge in [-0.2, -0.15) is 0 Å². The summed E-state index contributed by atoms with van der Waals surface area (Å²) in [6, 6.07) is 14.6. The highest BCUT2D eigenvalue weighted by molar-refractivity contribution is 6.32. The second-order valence-corrected chi connectivity index (χ2v) is 6.83. The van der Waals surface area contributed by atoms with E-state index in [2.05, 4.69) is 9.98 Å². The molecule has 1 atom stereocenters. The average Bonchev–Trinajstić information content (AvgIpc) is 3.11. The maximum Gasteiger partial charge on any atom is 0.283 e. The van der Waals surface area contributed by atoms with Crippen molar-refractivity contribution < 1.29 is 13.9 Å². The predicted molar refractivity (Wildman–Crippen MR) is 106 cm³/mol. The summed E-state index contributed by atoms with van der Waals surface area (Å²) in [5.74, 6) is 0.169. The normalized spacial score (nSPS) is 18.5. The lowest BCUT2D eigenvalue weighted by Crippen LogP contribution is -2.27. The molecule has 2 N–H and O–H groups in total. The zero-order valence-electron chi connectivity index (χ0n) is 15.0. The van der Waals surface area contributed by atoms with Crippen molar-refractivity contribution in [1.29, 1.82) is 0 Å². The van der Waals surface area contributed by atoms with E-state index in [1.165, 1.54) is 12.3 Å². The van der Waals surface area contributed by atoms with Crippen LogP contribution < -0.4 is 10.5 Å². The zero-order chi connectivity index (χ0) is 19.7. The van der Waals surface area contributed by atoms with Gasteiger partial charge in [0, 0.05) is 11.8 Å². The van der Waals surface area contributed by atoms with Crippen LogP contribution in [0.15, 0.2) is 65.9 Å². The number of hydrogen-bond acceptors (Lipinski definition) is 5. The number of pyridine rings is 1. The van der Waals surface area contributed by atoms with Crippen molar-refractivity contribution in [2.45, 2.75) is 5.54 Å². The van der Waals surface area contributed by atoms with Crippen LogP contribution in [0.5, 0.6) is 5.75 Å². The van der Waals surface area contributed by atoms with Gasteiger partial charge in [0.05, 0.1) is 18.3 Å². The number of aromatic nitrogens is 1. The Balaban J connectivity index is 1.86. The van der Waals surface area contributed by atoms with Crippen LogP contribution in [0.25, 0.3) is 11.1 Å². The molecule has 1 unspecified atom stereocenters. The first kappa shape index (κ1) is 18.3. The number of hydrogen-bond donors (Lipinski definition) is 1. The minimum absolute atomic E-state index is 0.102. The fourth-order valence-corrected chi connectivity index (χ4v) is 3.60. The lowest BCUT2D eigenvalue weighted by Gasteiger charge is -2.26. The zero-order valence-corrected chi connectivity index (χ0v) is 15.8. The molecular weight excluding hydrogens is 381 g/mol. The Morgan fingerprint density at radius 1 is 1.11 bits per heavy atom. The van der Waals surface area contributed by atoms with Gasteiger partial charge >= 0.3 is 0 Å². The number of nitrogens with zero attached hydrogens (tertiary/aromatic N) is 2. The van der Waals surface area contributed by atoms with Crippen LogP contribution in [-0.2, 0) is 10.3 Å². The van der Waals surface area contributed by atoms with E-state index in [0.717, 1.165) is 16.7 Å². The van der Waals surface area contributed by atoms with Crippen LogP contribution in [0.2, 0.25) is 5.02 Å². The number of aliphatic imine (C=N–C) groups is 1. The van der Waals surface area contributed by atoms with E-state index in [9.17, 15) is 4.39 Å². The number of methoxy groups -OCH3 is 1. The van der Waals surface area contributed by atoms with E-state index in [4.69, 9.17) is 26.8 Å². The summed E-state index contributed by atoms with van der Waals surface area (Å²) in [7, 11) is 1.56. The molecule has 5 nitrogen and oxygen atoms in total. The molecule has 1 aromatic heterocycles. The maximum absolute atomic E-state index is 13.6. The van der Waals surface area contributed by atoms with Crippen LogP contribution in [0, 0.1) is 5.82 Å². The van der Waals surface area contributed by atoms with Gasteiger partial charge in [-0.25, -0.2) is 9.38 Å². The smallest absolute Gasteiger partial charge is 0.283 e. The standard InChI is InChI=1S/C21H17ClFN3O2/c1-27-19-6-5-16(9-18(19)22)21(12-28-20(24)26-21)15-4-2-3-13(7-15)14-8-17(23)11-25-10-14/h2-11H,12H2,1H3,(H2,24,26). The first-order valence-corrected chi connectivity index (χ1v) is 8.93. The van der Waals surface area contributed by atoms with Gasteiger partial charge in [-0.1, -0.05) is 35.9 Å². The minimum Gasteiger partial charge on any atom is -0.495 e. The van der Waals surface area contributed by atoms with Gasteiger partial charge in [0.1, 0.15) is 18.2 Å². The van der Waals surface area contributed by atoms with Crippen LogP contribution in [-0.4, -0.2) is 24.7 Å². The molecule has 0 aliphatic carbocycles. The molecule has 0 bridgehead atoms. The molecule has 1 aliphatic heterocycles. The SMILES string of the molecule is COc1ccc(C2(c3cccc(-c4cncc(F)c4)c3)COC(N)=N2)cc1Cl. The van der Waals surface area contributed by atoms with Gasteiger partial charge < -0.3 is 15.2 Å². The van der Waals surface area contributed by atoms with E-state index in [-0.39, 0.29) is 12.6 Å². The van der Waals surface area contributed by atoms with E-state index < -0.39 is 11.4 Å². The number of amidine groups is 1. The largest absolute Gasteiger partial charge is 0.495 e. The van der Waals surface area contributed by atoms with Gasteiger partial charge in [0.25, 0.3) is 6.02 Å². The van der Waals surface area contributed by atoms with Gasteiger partial charge in [0.15, 0.2) is 5.54 Å². The fraction of sp³-hybridized carbons (Fsp3) is 0.143. The topological polar surface area (TPSA) is 69.7 Å². The summed E-state index contributed by atoms with van der Waals surface area (Å²) in [6.45, 7) is 0.229. The van der Waals surface area contributed by atoms with Crippen molar-refractivity contribution in [1.82, 2.24) is 4.98 Å². The van der Waals surface area contributed by atoms with E-state index in [1.54, 1.807) is 25.4 Å². The highest BCUT2D eigenvalue weighted by Gasteiger charge is 2.40. The average molecular weight is 398 g/mol. The maximum atomic E-state index is 13.6. The van der Waals surface area contributed by atoms with E-state index >= 15 is 0 Å². The van der Waals surface area contributed by atoms with Crippen LogP contribution in [0.3, 0.4) is 0 Å². The van der Waals surface area contributed by atoms with Crippen molar-refractivity contribution in [3.05, 3.63) is 82.9 Å². The summed E-state index contributed by atoms with van der Waals surface area (Å²) in [6.07, 6.45) is 2.78. The highest BCUT2D eigenvalue weighted by atomic mass is 35.5. The first-order valence-electron chi connectivity index (χ1n) is 8.55. The van der Waals surface area contributed by atoms with E-state index in [1.807, 2.05) is 30.3 Å². The first-order chi connectivity index (χ1) is 13.5. The second-order valence-electron chi connectivity index (χ2n) is 6.42. The third-order valence-corrected chi connectivity index (χ3v) is 5.03. The lowest BCUT2D eigenvalue weighted by molar-refractivity contribution is 0.278. The van der Waals surface area contributed by atoms with Crippen LogP contribution in [0.4, 0.5) is 4.39 Å². The van der Waals surface area contributed by atoms with E-state index in [0.29, 0.717) is 16.3 Å². The van der Waals surface area contributed by atoms with Crippen LogP contribution in [0.1, 0.15) is 11.1 Å². The Labute approximate surface area is 166 Å². The summed E-state index contributed by atoms with van der Waals surface area (Å²) >= 11 is 6.34. The minimum atomic E-state index is -0.864. The van der Waals surface area contributed by atoms with Gasteiger partial charge in [0.2, 0.25) is 0 Å². The molecule has 7 heteroatoms. The van der Waals surface area contributed by atoms with Crippen molar-refractivity contribution in [3.8, 4) is 16.9 Å². The molecule has 0 saturated carbocycles. The lowest BCUT2D eigenvalue weighted by atomic mass is 9.83. The van der Waals surface area contributed by atoms with Gasteiger partial charge in [-0.3, -0.25) is 4.98 Å². The molecule has 28 heavy (non-hydrogen) atoms. The molecule has 0 amide bonds. The Bertz CT molecular complexity index is 1070. The Morgan fingerprint density at radius 3 is 2.61 bits per heavy atom. The van der Waals surface area contributed by atoms with Crippen molar-refractivity contribution in [3.63, 3.8) is 0 Å². The molecule has 4 rings (SSSR count). The summed E-state index contributed by atoms with van der Waals surface area (Å²) < 4.78 is 24.4. The summed E-state index contributed by atoms with van der Waals surface area (Å²) in [5, 5.41) is 0.463. The molecule has 1 aliphatic rings. The highest BCUT2D eigenvalue weighted by Crippen LogP contribution is 2.41. The van der Waals surface area contributed by atoms with Gasteiger partial charge in [-0.05, 0) is 41.0 Å². The van der Waals surface area contributed by atoms with Gasteiger partial charge in [-0.15, -0.1) is 0 Å². The molecule has 0 radical (unpaired) electrons. The second kappa shape index (κ2) is 7.13. The number of rotatable bonds is 4. The molecule has 0 saturated heterocycles. The molecule has 2 aromatic carbocycles. The molecule has 0 spiro atoms. The summed E-state index contributed by atoms with van der Waals surface area (Å²) in [5.41, 5.74) is 8.13. The van der Waals surface area contributed by atoms with Crippen molar-refractivity contribution >= 4 is 17.6 Å². The molecule has 0 fully saturated rings. The Hall–Kier alpha value is -3.12. The number of halogens is 2. The number of ether oxygens (including phenoxy) is 2.